The van der Waals surface area contributed by atoms with Crippen molar-refractivity contribution in [2.24, 2.45) is 0 Å². The fourth-order valence-electron chi connectivity index (χ4n) is 3.24. The van der Waals surface area contributed by atoms with Crippen LogP contribution in [0.2, 0.25) is 0 Å². The van der Waals surface area contributed by atoms with Crippen LogP contribution in [0.5, 0.6) is 17.2 Å². The van der Waals surface area contributed by atoms with Crippen molar-refractivity contribution in [3.8, 4) is 17.2 Å². The molecule has 7 nitrogen and oxygen atoms in total. The van der Waals surface area contributed by atoms with Crippen molar-refractivity contribution in [2.45, 2.75) is 12.6 Å². The average Bonchev–Trinajstić information content (AvgIpc) is 2.85. The minimum atomic E-state index is -0.313. The molecule has 0 bridgehead atoms. The smallest absolute Gasteiger partial charge is 0.258 e. The largest absolute Gasteiger partial charge is 0.486 e. The highest BCUT2D eigenvalue weighted by atomic mass is 16.6. The highest BCUT2D eigenvalue weighted by molar-refractivity contribution is 5.97. The van der Waals surface area contributed by atoms with Gasteiger partial charge in [-0.05, 0) is 29.8 Å². The Balaban J connectivity index is 1.26. The lowest BCUT2D eigenvalue weighted by molar-refractivity contribution is -0.123. The van der Waals surface area contributed by atoms with Crippen molar-refractivity contribution in [3.63, 3.8) is 0 Å². The van der Waals surface area contributed by atoms with Gasteiger partial charge in [0.1, 0.15) is 18.5 Å². The van der Waals surface area contributed by atoms with Crippen LogP contribution in [0.4, 0.5) is 0 Å². The molecule has 0 fully saturated rings. The number of carbonyl (C=O) groups is 2. The maximum atomic E-state index is 12.6. The number of carbonyl (C=O) groups excluding carboxylic acids is 2. The molecule has 3 aromatic carbocycles. The summed E-state index contributed by atoms with van der Waals surface area (Å²) < 4.78 is 17.1. The maximum absolute atomic E-state index is 12.6. The molecule has 0 radical (unpaired) electrons. The van der Waals surface area contributed by atoms with E-state index in [2.05, 4.69) is 10.6 Å². The number of para-hydroxylation sites is 3. The lowest BCUT2D eigenvalue weighted by atomic mass is 10.1. The first-order valence-corrected chi connectivity index (χ1v) is 10.4. The second kappa shape index (κ2) is 10.3. The number of nitrogens with one attached hydrogen (secondary N) is 2. The maximum Gasteiger partial charge on any atom is 0.258 e. The van der Waals surface area contributed by atoms with Gasteiger partial charge in [-0.2, -0.15) is 0 Å². The fourth-order valence-corrected chi connectivity index (χ4v) is 3.24. The first-order valence-electron chi connectivity index (χ1n) is 10.4. The number of hydrogen-bond donors (Lipinski definition) is 2. The van der Waals surface area contributed by atoms with Crippen molar-refractivity contribution in [3.05, 3.63) is 90.0 Å². The van der Waals surface area contributed by atoms with Crippen LogP contribution < -0.4 is 24.8 Å². The Morgan fingerprint density at radius 3 is 2.44 bits per heavy atom. The molecule has 1 heterocycles. The second-order valence-corrected chi connectivity index (χ2v) is 7.25. The average molecular weight is 432 g/mol. The molecule has 32 heavy (non-hydrogen) atoms. The minimum absolute atomic E-state index is 0.215. The van der Waals surface area contributed by atoms with Crippen molar-refractivity contribution in [1.29, 1.82) is 0 Å². The van der Waals surface area contributed by atoms with E-state index in [4.69, 9.17) is 14.2 Å². The van der Waals surface area contributed by atoms with E-state index in [1.807, 2.05) is 54.6 Å². The molecule has 0 spiro atoms. The van der Waals surface area contributed by atoms with E-state index in [-0.39, 0.29) is 31.1 Å². The summed E-state index contributed by atoms with van der Waals surface area (Å²) in [7, 11) is 0. The summed E-state index contributed by atoms with van der Waals surface area (Å²) in [5, 5.41) is 5.65. The standard InChI is InChI=1S/C25H24N2O5/c28-24(26-15-19-16-30-22-12-6-7-13-23(22)32-19)17-31-21-11-5-4-10-20(21)25(29)27-14-18-8-2-1-3-9-18/h1-13,19H,14-17H2,(H,26,28)(H,27,29)/t19-/m0/s1. The van der Waals surface area contributed by atoms with Crippen LogP contribution in [0.25, 0.3) is 0 Å². The molecule has 1 aliphatic rings. The van der Waals surface area contributed by atoms with Gasteiger partial charge in [0.2, 0.25) is 0 Å². The third kappa shape index (κ3) is 5.57. The van der Waals surface area contributed by atoms with Crippen LogP contribution in [0.3, 0.4) is 0 Å². The lowest BCUT2D eigenvalue weighted by Gasteiger charge is -2.26. The van der Waals surface area contributed by atoms with E-state index < -0.39 is 0 Å². The predicted octanol–water partition coefficient (Wildman–Crippen LogP) is 2.95. The Bertz CT molecular complexity index is 1070. The first kappa shape index (κ1) is 21.2. The predicted molar refractivity (Wildman–Crippen MR) is 119 cm³/mol. The summed E-state index contributed by atoms with van der Waals surface area (Å²) in [6.07, 6.45) is -0.287. The third-order valence-electron chi connectivity index (χ3n) is 4.88. The molecular formula is C25H24N2O5. The molecule has 3 aromatic rings. The fraction of sp³-hybridized carbons (Fsp3) is 0.200. The van der Waals surface area contributed by atoms with Crippen LogP contribution in [0.1, 0.15) is 15.9 Å². The molecular weight excluding hydrogens is 408 g/mol. The quantitative estimate of drug-likeness (QED) is 0.572. The van der Waals surface area contributed by atoms with E-state index in [1.165, 1.54) is 0 Å². The molecule has 2 amide bonds. The highest BCUT2D eigenvalue weighted by Crippen LogP contribution is 2.30. The van der Waals surface area contributed by atoms with Crippen LogP contribution in [0, 0.1) is 0 Å². The Hall–Kier alpha value is -4.00. The number of hydrogen-bond acceptors (Lipinski definition) is 5. The molecule has 7 heteroatoms. The van der Waals surface area contributed by atoms with Crippen LogP contribution >= 0.6 is 0 Å². The Morgan fingerprint density at radius 1 is 0.875 bits per heavy atom. The summed E-state index contributed by atoms with van der Waals surface area (Å²) in [5.41, 5.74) is 1.37. The number of ether oxygens (including phenoxy) is 3. The van der Waals surface area contributed by atoms with Gasteiger partial charge in [-0.25, -0.2) is 0 Å². The summed E-state index contributed by atoms with van der Waals surface area (Å²) in [6.45, 7) is 0.826. The van der Waals surface area contributed by atoms with E-state index in [0.717, 1.165) is 5.56 Å². The van der Waals surface area contributed by atoms with Gasteiger partial charge in [0.05, 0.1) is 12.1 Å². The molecule has 2 N–H and O–H groups in total. The van der Waals surface area contributed by atoms with Gasteiger partial charge in [0, 0.05) is 6.54 Å². The number of amides is 2. The zero-order valence-electron chi connectivity index (χ0n) is 17.5. The van der Waals surface area contributed by atoms with Gasteiger partial charge in [-0.1, -0.05) is 54.6 Å². The van der Waals surface area contributed by atoms with Crippen LogP contribution in [-0.4, -0.2) is 37.7 Å². The molecule has 4 rings (SSSR count). The topological polar surface area (TPSA) is 85.9 Å². The van der Waals surface area contributed by atoms with Crippen molar-refractivity contribution < 1.29 is 23.8 Å². The van der Waals surface area contributed by atoms with Gasteiger partial charge in [-0.3, -0.25) is 9.59 Å². The summed E-state index contributed by atoms with van der Waals surface area (Å²) in [6, 6.07) is 23.9. The first-order chi connectivity index (χ1) is 15.7. The van der Waals surface area contributed by atoms with E-state index >= 15 is 0 Å². The Labute approximate surface area is 186 Å². The Kier molecular flexibility index (Phi) is 6.87. The minimum Gasteiger partial charge on any atom is -0.486 e. The molecule has 0 saturated carbocycles. The molecule has 1 atom stereocenters. The van der Waals surface area contributed by atoms with E-state index in [1.54, 1.807) is 24.3 Å². The van der Waals surface area contributed by atoms with Gasteiger partial charge in [0.25, 0.3) is 11.8 Å². The SMILES string of the molecule is O=C(COc1ccccc1C(=O)NCc1ccccc1)NC[C@H]1COc2ccccc2O1. The third-order valence-corrected chi connectivity index (χ3v) is 4.88. The summed E-state index contributed by atoms with van der Waals surface area (Å²) in [4.78, 5) is 24.9. The second-order valence-electron chi connectivity index (χ2n) is 7.25. The molecule has 1 aliphatic heterocycles. The zero-order chi connectivity index (χ0) is 22.2. The number of fused-ring (bicyclic) bond motifs is 1. The van der Waals surface area contributed by atoms with E-state index in [0.29, 0.717) is 36.0 Å². The number of rotatable bonds is 8. The normalized spacial score (nSPS) is 14.3. The van der Waals surface area contributed by atoms with Crippen molar-refractivity contribution >= 4 is 11.8 Å². The van der Waals surface area contributed by atoms with Gasteiger partial charge >= 0.3 is 0 Å². The number of benzene rings is 3. The molecule has 0 unspecified atom stereocenters. The van der Waals surface area contributed by atoms with Gasteiger partial charge in [-0.15, -0.1) is 0 Å². The van der Waals surface area contributed by atoms with Crippen LogP contribution in [-0.2, 0) is 11.3 Å². The van der Waals surface area contributed by atoms with Gasteiger partial charge in [0.15, 0.2) is 18.1 Å². The summed E-state index contributed by atoms with van der Waals surface area (Å²) in [5.74, 6) is 1.12. The molecule has 164 valence electrons. The highest BCUT2D eigenvalue weighted by Gasteiger charge is 2.21. The summed E-state index contributed by atoms with van der Waals surface area (Å²) >= 11 is 0. The van der Waals surface area contributed by atoms with Gasteiger partial charge < -0.3 is 24.8 Å². The monoisotopic (exact) mass is 432 g/mol. The lowest BCUT2D eigenvalue weighted by Crippen LogP contribution is -2.42. The molecule has 0 saturated heterocycles. The Morgan fingerprint density at radius 2 is 1.59 bits per heavy atom. The molecule has 0 aliphatic carbocycles. The van der Waals surface area contributed by atoms with Crippen molar-refractivity contribution in [2.75, 3.05) is 19.8 Å². The van der Waals surface area contributed by atoms with Crippen LogP contribution in [0.15, 0.2) is 78.9 Å². The van der Waals surface area contributed by atoms with Crippen molar-refractivity contribution in [1.82, 2.24) is 10.6 Å². The van der Waals surface area contributed by atoms with E-state index in [9.17, 15) is 9.59 Å². The molecule has 0 aromatic heterocycles. The zero-order valence-corrected chi connectivity index (χ0v) is 17.5.